The van der Waals surface area contributed by atoms with Gasteiger partial charge >= 0.3 is 0 Å². The molecule has 1 heterocycles. The lowest BCUT2D eigenvalue weighted by Gasteiger charge is -2.46. The molecule has 1 unspecified atom stereocenters. The monoisotopic (exact) mass is 206 g/mol. The number of nitrogens with zero attached hydrogens (tertiary/aromatic N) is 1. The van der Waals surface area contributed by atoms with E-state index in [9.17, 15) is 5.11 Å². The molecule has 3 nitrogen and oxygen atoms in total. The summed E-state index contributed by atoms with van der Waals surface area (Å²) in [7, 11) is 1.95. The lowest BCUT2D eigenvalue weighted by molar-refractivity contribution is 0.00773. The summed E-state index contributed by atoms with van der Waals surface area (Å²) in [6.07, 6.45) is 7.09. The first-order valence-corrected chi connectivity index (χ1v) is 5.50. The van der Waals surface area contributed by atoms with Crippen molar-refractivity contribution in [1.29, 1.82) is 0 Å². The highest BCUT2D eigenvalue weighted by molar-refractivity contribution is 5.19. The van der Waals surface area contributed by atoms with E-state index in [-0.39, 0.29) is 18.1 Å². The molecule has 0 spiro atoms. The quantitative estimate of drug-likeness (QED) is 0.784. The fraction of sp³-hybridized carbons (Fsp3) is 0.583. The van der Waals surface area contributed by atoms with Crippen LogP contribution < -0.4 is 5.32 Å². The van der Waals surface area contributed by atoms with Crippen LogP contribution in [-0.2, 0) is 0 Å². The molecule has 0 radical (unpaired) electrons. The van der Waals surface area contributed by atoms with Crippen LogP contribution >= 0.6 is 0 Å². The van der Waals surface area contributed by atoms with Gasteiger partial charge in [-0.3, -0.25) is 4.98 Å². The van der Waals surface area contributed by atoms with Gasteiger partial charge in [-0.2, -0.15) is 0 Å². The van der Waals surface area contributed by atoms with E-state index in [0.717, 1.165) is 12.8 Å². The van der Waals surface area contributed by atoms with E-state index in [1.54, 1.807) is 6.20 Å². The van der Waals surface area contributed by atoms with Crippen molar-refractivity contribution in [2.24, 2.45) is 5.41 Å². The molecule has 1 fully saturated rings. The molecule has 0 aliphatic heterocycles. The van der Waals surface area contributed by atoms with Crippen LogP contribution in [0.5, 0.6) is 0 Å². The molecule has 0 amide bonds. The Hall–Kier alpha value is -0.930. The van der Waals surface area contributed by atoms with E-state index in [0.29, 0.717) is 0 Å². The van der Waals surface area contributed by atoms with E-state index in [4.69, 9.17) is 0 Å². The zero-order chi connectivity index (χ0) is 10.7. The van der Waals surface area contributed by atoms with Crippen LogP contribution in [0.25, 0.3) is 0 Å². The van der Waals surface area contributed by atoms with Crippen molar-refractivity contribution in [2.75, 3.05) is 13.7 Å². The van der Waals surface area contributed by atoms with Crippen molar-refractivity contribution in [3.05, 3.63) is 30.1 Å². The zero-order valence-electron chi connectivity index (χ0n) is 9.11. The van der Waals surface area contributed by atoms with Gasteiger partial charge in [0.1, 0.15) is 0 Å². The average molecular weight is 206 g/mol. The van der Waals surface area contributed by atoms with Gasteiger partial charge < -0.3 is 10.4 Å². The Morgan fingerprint density at radius 1 is 1.60 bits per heavy atom. The smallest absolute Gasteiger partial charge is 0.0505 e. The lowest BCUT2D eigenvalue weighted by Crippen LogP contribution is -2.44. The first-order chi connectivity index (χ1) is 7.32. The molecule has 1 aromatic heterocycles. The van der Waals surface area contributed by atoms with Crippen LogP contribution in [-0.4, -0.2) is 23.7 Å². The summed E-state index contributed by atoms with van der Waals surface area (Å²) in [6, 6.07) is 4.25. The summed E-state index contributed by atoms with van der Waals surface area (Å²) in [4.78, 5) is 4.14. The topological polar surface area (TPSA) is 45.2 Å². The SMILES string of the molecule is CNC(c1cccnc1)C1(CO)CCC1. The number of pyridine rings is 1. The maximum atomic E-state index is 9.54. The van der Waals surface area contributed by atoms with Gasteiger partial charge in [0.05, 0.1) is 6.61 Å². The summed E-state index contributed by atoms with van der Waals surface area (Å²) in [5.41, 5.74) is 1.21. The number of aromatic nitrogens is 1. The number of hydrogen-bond acceptors (Lipinski definition) is 3. The fourth-order valence-electron chi connectivity index (χ4n) is 2.54. The van der Waals surface area contributed by atoms with Gasteiger partial charge in [-0.15, -0.1) is 0 Å². The molecule has 0 bridgehead atoms. The molecule has 1 aromatic rings. The minimum atomic E-state index is 0.0395. The van der Waals surface area contributed by atoms with Gasteiger partial charge in [0, 0.05) is 23.9 Å². The second kappa shape index (κ2) is 4.29. The average Bonchev–Trinajstić information content (AvgIpc) is 2.24. The summed E-state index contributed by atoms with van der Waals surface area (Å²) >= 11 is 0. The first-order valence-electron chi connectivity index (χ1n) is 5.50. The van der Waals surface area contributed by atoms with Crippen molar-refractivity contribution in [3.8, 4) is 0 Å². The first kappa shape index (κ1) is 10.6. The Morgan fingerprint density at radius 3 is 2.80 bits per heavy atom. The minimum Gasteiger partial charge on any atom is -0.396 e. The Labute approximate surface area is 90.5 Å². The summed E-state index contributed by atoms with van der Waals surface area (Å²) in [5, 5.41) is 12.9. The predicted octanol–water partition coefficient (Wildman–Crippen LogP) is 1.50. The molecule has 1 atom stereocenters. The maximum Gasteiger partial charge on any atom is 0.0505 e. The molecule has 82 valence electrons. The van der Waals surface area contributed by atoms with Crippen LogP contribution in [0.15, 0.2) is 24.5 Å². The summed E-state index contributed by atoms with van der Waals surface area (Å²) in [5.74, 6) is 0. The van der Waals surface area contributed by atoms with Gasteiger partial charge in [0.2, 0.25) is 0 Å². The van der Waals surface area contributed by atoms with Crippen LogP contribution in [0.3, 0.4) is 0 Å². The van der Waals surface area contributed by atoms with Crippen molar-refractivity contribution >= 4 is 0 Å². The van der Waals surface area contributed by atoms with Crippen molar-refractivity contribution < 1.29 is 5.11 Å². The number of aliphatic hydroxyl groups excluding tert-OH is 1. The van der Waals surface area contributed by atoms with Crippen molar-refractivity contribution in [2.45, 2.75) is 25.3 Å². The Kier molecular flexibility index (Phi) is 3.03. The third-order valence-electron chi connectivity index (χ3n) is 3.58. The van der Waals surface area contributed by atoms with Gasteiger partial charge in [-0.1, -0.05) is 12.5 Å². The van der Waals surface area contributed by atoms with Crippen LogP contribution in [0.2, 0.25) is 0 Å². The van der Waals surface area contributed by atoms with Gasteiger partial charge in [-0.05, 0) is 31.5 Å². The van der Waals surface area contributed by atoms with E-state index in [2.05, 4.69) is 16.4 Å². The van der Waals surface area contributed by atoms with Crippen LogP contribution in [0.4, 0.5) is 0 Å². The predicted molar refractivity (Wildman–Crippen MR) is 59.4 cm³/mol. The fourth-order valence-corrected chi connectivity index (χ4v) is 2.54. The van der Waals surface area contributed by atoms with Crippen molar-refractivity contribution in [3.63, 3.8) is 0 Å². The third-order valence-corrected chi connectivity index (χ3v) is 3.58. The van der Waals surface area contributed by atoms with E-state index >= 15 is 0 Å². The molecular formula is C12H18N2O. The molecule has 1 aliphatic carbocycles. The van der Waals surface area contributed by atoms with Gasteiger partial charge in [0.25, 0.3) is 0 Å². The van der Waals surface area contributed by atoms with Gasteiger partial charge in [0.15, 0.2) is 0 Å². The molecular weight excluding hydrogens is 188 g/mol. The molecule has 1 aliphatic rings. The second-order valence-corrected chi connectivity index (χ2v) is 4.38. The number of rotatable bonds is 4. The van der Waals surface area contributed by atoms with E-state index < -0.39 is 0 Å². The van der Waals surface area contributed by atoms with Gasteiger partial charge in [-0.25, -0.2) is 0 Å². The summed E-state index contributed by atoms with van der Waals surface area (Å²) < 4.78 is 0. The maximum absolute atomic E-state index is 9.54. The summed E-state index contributed by atoms with van der Waals surface area (Å²) in [6.45, 7) is 0.257. The van der Waals surface area contributed by atoms with E-state index in [1.807, 2.05) is 19.3 Å². The molecule has 2 rings (SSSR count). The Balaban J connectivity index is 2.24. The number of aliphatic hydroxyl groups is 1. The number of nitrogens with one attached hydrogen (secondary N) is 1. The van der Waals surface area contributed by atoms with Crippen LogP contribution in [0.1, 0.15) is 30.9 Å². The van der Waals surface area contributed by atoms with Crippen LogP contribution in [0, 0.1) is 5.41 Å². The highest BCUT2D eigenvalue weighted by Gasteiger charge is 2.43. The normalized spacial score (nSPS) is 20.7. The standard InChI is InChI=1S/C12H18N2O/c1-13-11(10-4-2-7-14-8-10)12(9-15)5-3-6-12/h2,4,7-8,11,13,15H,3,5-6,9H2,1H3. The highest BCUT2D eigenvalue weighted by atomic mass is 16.3. The molecule has 1 saturated carbocycles. The number of hydrogen-bond donors (Lipinski definition) is 2. The molecule has 0 saturated heterocycles. The lowest BCUT2D eigenvalue weighted by atomic mass is 9.63. The second-order valence-electron chi connectivity index (χ2n) is 4.38. The largest absolute Gasteiger partial charge is 0.396 e. The van der Waals surface area contributed by atoms with E-state index in [1.165, 1.54) is 12.0 Å². The Bertz CT molecular complexity index is 303. The minimum absolute atomic E-state index is 0.0395. The molecule has 3 heteroatoms. The molecule has 15 heavy (non-hydrogen) atoms. The molecule has 0 aromatic carbocycles. The highest BCUT2D eigenvalue weighted by Crippen LogP contribution is 2.49. The van der Waals surface area contributed by atoms with Crippen molar-refractivity contribution in [1.82, 2.24) is 10.3 Å². The molecule has 2 N–H and O–H groups in total. The third kappa shape index (κ3) is 1.77. The Morgan fingerprint density at radius 2 is 2.40 bits per heavy atom. The zero-order valence-corrected chi connectivity index (χ0v) is 9.11.